The molecule has 0 atom stereocenters. The zero-order chi connectivity index (χ0) is 19.9. The molecule has 5 heteroatoms. The molecule has 2 N–H and O–H groups in total. The van der Waals surface area contributed by atoms with E-state index in [1.807, 2.05) is 49.4 Å². The molecular weight excluding hydrogens is 372 g/mol. The molecule has 0 radical (unpaired) electrons. The van der Waals surface area contributed by atoms with Crippen molar-refractivity contribution in [3.63, 3.8) is 0 Å². The molecule has 0 bridgehead atoms. The lowest BCUT2D eigenvalue weighted by Gasteiger charge is -2.08. The Labute approximate surface area is 169 Å². The molecule has 0 aliphatic rings. The number of aryl methyl sites for hydroxylation is 1. The number of carbonyl (C=O) groups excluding carboxylic acids is 2. The Balaban J connectivity index is 1.55. The minimum absolute atomic E-state index is 0.176. The van der Waals surface area contributed by atoms with Crippen molar-refractivity contribution in [2.45, 2.75) is 20.0 Å². The quantitative estimate of drug-likeness (QED) is 0.648. The zero-order valence-electron chi connectivity index (χ0n) is 15.5. The molecular formula is C23H21ClN2O2. The molecule has 3 rings (SSSR count). The first-order valence-corrected chi connectivity index (χ1v) is 9.36. The predicted molar refractivity (Wildman–Crippen MR) is 111 cm³/mol. The topological polar surface area (TPSA) is 58.2 Å². The zero-order valence-corrected chi connectivity index (χ0v) is 16.3. The van der Waals surface area contributed by atoms with Crippen molar-refractivity contribution < 1.29 is 9.59 Å². The molecule has 0 saturated heterocycles. The second kappa shape index (κ2) is 9.20. The maximum Gasteiger partial charge on any atom is 0.251 e. The number of carbonyl (C=O) groups is 2. The summed E-state index contributed by atoms with van der Waals surface area (Å²) in [5.74, 6) is -0.392. The van der Waals surface area contributed by atoms with Crippen LogP contribution in [0.5, 0.6) is 0 Å². The first-order valence-electron chi connectivity index (χ1n) is 8.98. The molecule has 0 fully saturated rings. The van der Waals surface area contributed by atoms with E-state index < -0.39 is 0 Å². The van der Waals surface area contributed by atoms with E-state index in [0.717, 1.165) is 16.7 Å². The highest BCUT2D eigenvalue weighted by molar-refractivity contribution is 6.31. The van der Waals surface area contributed by atoms with Crippen LogP contribution in [-0.2, 0) is 13.1 Å². The van der Waals surface area contributed by atoms with Gasteiger partial charge in [0.25, 0.3) is 11.8 Å². The van der Waals surface area contributed by atoms with Crippen molar-refractivity contribution in [2.24, 2.45) is 0 Å². The van der Waals surface area contributed by atoms with Gasteiger partial charge in [0.15, 0.2) is 0 Å². The summed E-state index contributed by atoms with van der Waals surface area (Å²) in [6.07, 6.45) is 0. The Kier molecular flexibility index (Phi) is 6.45. The van der Waals surface area contributed by atoms with Gasteiger partial charge < -0.3 is 10.6 Å². The molecule has 0 aromatic heterocycles. The lowest BCUT2D eigenvalue weighted by molar-refractivity contribution is 0.0939. The van der Waals surface area contributed by atoms with E-state index in [4.69, 9.17) is 11.6 Å². The molecule has 3 aromatic carbocycles. The van der Waals surface area contributed by atoms with Crippen molar-refractivity contribution in [1.29, 1.82) is 0 Å². The van der Waals surface area contributed by atoms with Crippen LogP contribution in [-0.4, -0.2) is 11.8 Å². The second-order valence-corrected chi connectivity index (χ2v) is 6.93. The number of hydrogen-bond acceptors (Lipinski definition) is 2. The average molecular weight is 393 g/mol. The Morgan fingerprint density at radius 1 is 0.786 bits per heavy atom. The number of amides is 2. The summed E-state index contributed by atoms with van der Waals surface area (Å²) in [4.78, 5) is 24.6. The van der Waals surface area contributed by atoms with Crippen LogP contribution in [0.3, 0.4) is 0 Å². The SMILES string of the molecule is Cc1cccc(CNC(=O)c2ccc(C(=O)NCc3ccccc3Cl)cc2)c1. The summed E-state index contributed by atoms with van der Waals surface area (Å²) in [6, 6.07) is 21.9. The largest absolute Gasteiger partial charge is 0.348 e. The Morgan fingerprint density at radius 3 is 2.00 bits per heavy atom. The summed E-state index contributed by atoms with van der Waals surface area (Å²) < 4.78 is 0. The maximum atomic E-state index is 12.3. The van der Waals surface area contributed by atoms with Crippen LogP contribution in [0.25, 0.3) is 0 Å². The number of benzene rings is 3. The van der Waals surface area contributed by atoms with Crippen molar-refractivity contribution in [2.75, 3.05) is 0 Å². The van der Waals surface area contributed by atoms with E-state index in [9.17, 15) is 9.59 Å². The fourth-order valence-electron chi connectivity index (χ4n) is 2.80. The fraction of sp³-hybridized carbons (Fsp3) is 0.130. The van der Waals surface area contributed by atoms with Gasteiger partial charge in [-0.2, -0.15) is 0 Å². The van der Waals surface area contributed by atoms with Crippen LogP contribution in [0, 0.1) is 6.92 Å². The fourth-order valence-corrected chi connectivity index (χ4v) is 3.00. The molecule has 0 spiro atoms. The molecule has 0 heterocycles. The number of halogens is 1. The van der Waals surface area contributed by atoms with Crippen LogP contribution in [0.2, 0.25) is 5.02 Å². The Hall–Kier alpha value is -3.11. The first kappa shape index (κ1) is 19.6. The maximum absolute atomic E-state index is 12.3. The van der Waals surface area contributed by atoms with E-state index in [2.05, 4.69) is 10.6 Å². The highest BCUT2D eigenvalue weighted by Crippen LogP contribution is 2.14. The first-order chi connectivity index (χ1) is 13.5. The monoisotopic (exact) mass is 392 g/mol. The van der Waals surface area contributed by atoms with Gasteiger partial charge in [-0.05, 0) is 48.4 Å². The lowest BCUT2D eigenvalue weighted by Crippen LogP contribution is -2.24. The third-order valence-corrected chi connectivity index (χ3v) is 4.71. The van der Waals surface area contributed by atoms with E-state index >= 15 is 0 Å². The molecule has 0 aliphatic heterocycles. The van der Waals surface area contributed by atoms with Gasteiger partial charge in [-0.3, -0.25) is 9.59 Å². The standard InChI is InChI=1S/C23H21ClN2O2/c1-16-5-4-6-17(13-16)14-25-22(27)18-9-11-19(12-10-18)23(28)26-15-20-7-2-3-8-21(20)24/h2-13H,14-15H2,1H3,(H,25,27)(H,26,28). The van der Waals surface area contributed by atoms with Crippen molar-refractivity contribution in [3.8, 4) is 0 Å². The minimum atomic E-state index is -0.216. The highest BCUT2D eigenvalue weighted by Gasteiger charge is 2.09. The minimum Gasteiger partial charge on any atom is -0.348 e. The van der Waals surface area contributed by atoms with Gasteiger partial charge >= 0.3 is 0 Å². The van der Waals surface area contributed by atoms with Crippen LogP contribution >= 0.6 is 11.6 Å². The summed E-state index contributed by atoms with van der Waals surface area (Å²) in [5, 5.41) is 6.34. The van der Waals surface area contributed by atoms with Crippen LogP contribution in [0.4, 0.5) is 0 Å². The molecule has 0 aliphatic carbocycles. The smallest absolute Gasteiger partial charge is 0.251 e. The van der Waals surface area contributed by atoms with E-state index in [-0.39, 0.29) is 11.8 Å². The third-order valence-electron chi connectivity index (χ3n) is 4.34. The van der Waals surface area contributed by atoms with Gasteiger partial charge in [-0.25, -0.2) is 0 Å². The van der Waals surface area contributed by atoms with Gasteiger partial charge in [0.05, 0.1) is 0 Å². The van der Waals surface area contributed by atoms with Crippen molar-refractivity contribution >= 4 is 23.4 Å². The molecule has 4 nitrogen and oxygen atoms in total. The summed E-state index contributed by atoms with van der Waals surface area (Å²) in [6.45, 7) is 2.82. The van der Waals surface area contributed by atoms with Gasteiger partial charge in [0.2, 0.25) is 0 Å². The van der Waals surface area contributed by atoms with Gasteiger partial charge in [-0.15, -0.1) is 0 Å². The average Bonchev–Trinajstić information content (AvgIpc) is 2.71. The second-order valence-electron chi connectivity index (χ2n) is 6.52. The molecule has 28 heavy (non-hydrogen) atoms. The summed E-state index contributed by atoms with van der Waals surface area (Å²) in [7, 11) is 0. The van der Waals surface area contributed by atoms with E-state index in [1.165, 1.54) is 0 Å². The lowest BCUT2D eigenvalue weighted by atomic mass is 10.1. The van der Waals surface area contributed by atoms with E-state index in [1.54, 1.807) is 30.3 Å². The Morgan fingerprint density at radius 2 is 1.39 bits per heavy atom. The summed E-state index contributed by atoms with van der Waals surface area (Å²) in [5.41, 5.74) is 4.05. The van der Waals surface area contributed by atoms with Crippen LogP contribution < -0.4 is 10.6 Å². The molecule has 3 aromatic rings. The molecule has 0 saturated carbocycles. The number of nitrogens with one attached hydrogen (secondary N) is 2. The normalized spacial score (nSPS) is 10.4. The molecule has 142 valence electrons. The third kappa shape index (κ3) is 5.21. The Bertz CT molecular complexity index is 984. The molecule has 0 unspecified atom stereocenters. The van der Waals surface area contributed by atoms with Gasteiger partial charge in [0.1, 0.15) is 0 Å². The van der Waals surface area contributed by atoms with Gasteiger partial charge in [0, 0.05) is 29.2 Å². The predicted octanol–water partition coefficient (Wildman–Crippen LogP) is 4.51. The van der Waals surface area contributed by atoms with E-state index in [0.29, 0.717) is 29.2 Å². The van der Waals surface area contributed by atoms with Crippen LogP contribution in [0.15, 0.2) is 72.8 Å². The van der Waals surface area contributed by atoms with Crippen molar-refractivity contribution in [1.82, 2.24) is 10.6 Å². The molecule has 2 amide bonds. The van der Waals surface area contributed by atoms with Crippen LogP contribution in [0.1, 0.15) is 37.4 Å². The van der Waals surface area contributed by atoms with Crippen molar-refractivity contribution in [3.05, 3.63) is 106 Å². The number of rotatable bonds is 6. The highest BCUT2D eigenvalue weighted by atomic mass is 35.5. The van der Waals surface area contributed by atoms with Gasteiger partial charge in [-0.1, -0.05) is 59.6 Å². The summed E-state index contributed by atoms with van der Waals surface area (Å²) >= 11 is 6.10. The number of hydrogen-bond donors (Lipinski definition) is 2.